The molecule has 3 rings (SSSR count). The summed E-state index contributed by atoms with van der Waals surface area (Å²) in [6.07, 6.45) is -2.11. The molecule has 4 N–H and O–H groups in total. The fourth-order valence-corrected chi connectivity index (χ4v) is 3.44. The molecule has 1 fully saturated rings. The van der Waals surface area contributed by atoms with Crippen molar-refractivity contribution in [1.82, 2.24) is 10.3 Å². The van der Waals surface area contributed by atoms with Crippen molar-refractivity contribution in [3.05, 3.63) is 35.8 Å². The Bertz CT molecular complexity index is 765. The summed E-state index contributed by atoms with van der Waals surface area (Å²) in [5.41, 5.74) is 5.44. The van der Waals surface area contributed by atoms with Crippen LogP contribution in [0.25, 0.3) is 10.9 Å². The van der Waals surface area contributed by atoms with Crippen molar-refractivity contribution < 1.29 is 22.4 Å². The molecular formula is C17H19F4N3O. The van der Waals surface area contributed by atoms with Gasteiger partial charge in [-0.05, 0) is 43.4 Å². The van der Waals surface area contributed by atoms with Crippen LogP contribution in [0.2, 0.25) is 0 Å². The highest BCUT2D eigenvalue weighted by atomic mass is 19.4. The molecule has 136 valence electrons. The van der Waals surface area contributed by atoms with Gasteiger partial charge in [-0.3, -0.25) is 4.79 Å². The van der Waals surface area contributed by atoms with Gasteiger partial charge in [-0.25, -0.2) is 4.39 Å². The zero-order chi connectivity index (χ0) is 18.2. The topological polar surface area (TPSA) is 70.9 Å². The predicted octanol–water partition coefficient (Wildman–Crippen LogP) is 3.40. The van der Waals surface area contributed by atoms with Gasteiger partial charge >= 0.3 is 6.18 Å². The normalized spacial score (nSPS) is 21.8. The first-order valence-corrected chi connectivity index (χ1v) is 8.11. The van der Waals surface area contributed by atoms with Crippen molar-refractivity contribution in [2.45, 2.75) is 31.5 Å². The first-order chi connectivity index (χ1) is 11.8. The average molecular weight is 357 g/mol. The van der Waals surface area contributed by atoms with Crippen molar-refractivity contribution in [3.8, 4) is 0 Å². The van der Waals surface area contributed by atoms with Gasteiger partial charge in [0.15, 0.2) is 6.04 Å². The Morgan fingerprint density at radius 2 is 2.04 bits per heavy atom. The molecule has 1 unspecified atom stereocenters. The SMILES string of the molecule is NCC1CC(CC(=O)NC(c2c[nH]c3cccc(F)c23)C(F)(F)F)C1. The van der Waals surface area contributed by atoms with E-state index in [0.717, 1.165) is 25.1 Å². The lowest BCUT2D eigenvalue weighted by molar-refractivity contribution is -0.163. The van der Waals surface area contributed by atoms with Crippen molar-refractivity contribution in [3.63, 3.8) is 0 Å². The number of halogens is 4. The maximum Gasteiger partial charge on any atom is 0.412 e. The number of benzene rings is 1. The van der Waals surface area contributed by atoms with Crippen LogP contribution in [0, 0.1) is 17.7 Å². The van der Waals surface area contributed by atoms with E-state index in [-0.39, 0.29) is 28.8 Å². The largest absolute Gasteiger partial charge is 0.412 e. The number of nitrogens with two attached hydrogens (primary N) is 1. The molecule has 1 atom stereocenters. The molecule has 2 aromatic rings. The molecule has 0 aliphatic heterocycles. The van der Waals surface area contributed by atoms with E-state index in [2.05, 4.69) is 4.98 Å². The number of nitrogens with one attached hydrogen (secondary N) is 2. The highest BCUT2D eigenvalue weighted by molar-refractivity contribution is 5.85. The Morgan fingerprint density at radius 3 is 2.68 bits per heavy atom. The minimum atomic E-state index is -4.73. The van der Waals surface area contributed by atoms with E-state index >= 15 is 0 Å². The van der Waals surface area contributed by atoms with E-state index in [0.29, 0.717) is 12.5 Å². The number of aromatic nitrogens is 1. The van der Waals surface area contributed by atoms with Crippen LogP contribution in [-0.4, -0.2) is 23.6 Å². The van der Waals surface area contributed by atoms with Crippen LogP contribution in [-0.2, 0) is 4.79 Å². The Morgan fingerprint density at radius 1 is 1.32 bits per heavy atom. The first kappa shape index (κ1) is 17.7. The van der Waals surface area contributed by atoms with Crippen LogP contribution >= 0.6 is 0 Å². The lowest BCUT2D eigenvalue weighted by atomic mass is 9.73. The van der Waals surface area contributed by atoms with Crippen molar-refractivity contribution in [2.24, 2.45) is 17.6 Å². The molecule has 1 aliphatic carbocycles. The third-order valence-electron chi connectivity index (χ3n) is 4.77. The van der Waals surface area contributed by atoms with Gasteiger partial charge in [0.2, 0.25) is 5.91 Å². The Labute approximate surface area is 141 Å². The Kier molecular flexibility index (Phi) is 4.73. The summed E-state index contributed by atoms with van der Waals surface area (Å²) in [4.78, 5) is 14.7. The number of amides is 1. The van der Waals surface area contributed by atoms with Gasteiger partial charge in [0.25, 0.3) is 0 Å². The standard InChI is InChI=1S/C17H19F4N3O/c18-12-2-1-3-13-15(12)11(8-23-13)16(17(19,20)21)24-14(25)6-9-4-10(5-9)7-22/h1-3,8-10,16,23H,4-7,22H2,(H,24,25). The predicted molar refractivity (Wildman–Crippen MR) is 85.1 cm³/mol. The van der Waals surface area contributed by atoms with Crippen LogP contribution in [0.1, 0.15) is 30.9 Å². The molecule has 1 aliphatic rings. The number of fused-ring (bicyclic) bond motifs is 1. The van der Waals surface area contributed by atoms with E-state index in [1.54, 1.807) is 0 Å². The van der Waals surface area contributed by atoms with Gasteiger partial charge in [-0.15, -0.1) is 0 Å². The lowest BCUT2D eigenvalue weighted by Gasteiger charge is -2.34. The molecular weight excluding hydrogens is 338 g/mol. The molecule has 1 aromatic heterocycles. The van der Waals surface area contributed by atoms with Crippen molar-refractivity contribution in [2.75, 3.05) is 6.54 Å². The zero-order valence-corrected chi connectivity index (χ0v) is 13.4. The van der Waals surface area contributed by atoms with Gasteiger partial charge in [-0.1, -0.05) is 6.07 Å². The zero-order valence-electron chi connectivity index (χ0n) is 13.4. The van der Waals surface area contributed by atoms with Gasteiger partial charge in [-0.2, -0.15) is 13.2 Å². The van der Waals surface area contributed by atoms with Crippen molar-refractivity contribution >= 4 is 16.8 Å². The second-order valence-electron chi connectivity index (χ2n) is 6.59. The minimum Gasteiger partial charge on any atom is -0.361 e. The summed E-state index contributed by atoms with van der Waals surface area (Å²) in [5.74, 6) is -1.04. The second-order valence-corrected chi connectivity index (χ2v) is 6.59. The number of hydrogen-bond acceptors (Lipinski definition) is 2. The molecule has 1 saturated carbocycles. The van der Waals surface area contributed by atoms with Crippen LogP contribution in [0.3, 0.4) is 0 Å². The third kappa shape index (κ3) is 3.63. The Balaban J connectivity index is 1.79. The van der Waals surface area contributed by atoms with Crippen LogP contribution in [0.15, 0.2) is 24.4 Å². The van der Waals surface area contributed by atoms with E-state index in [4.69, 9.17) is 5.73 Å². The number of aromatic amines is 1. The van der Waals surface area contributed by atoms with E-state index < -0.39 is 23.9 Å². The molecule has 1 aromatic carbocycles. The molecule has 8 heteroatoms. The molecule has 4 nitrogen and oxygen atoms in total. The molecule has 0 spiro atoms. The molecule has 1 amide bonds. The number of hydrogen-bond donors (Lipinski definition) is 3. The molecule has 1 heterocycles. The van der Waals surface area contributed by atoms with Crippen LogP contribution < -0.4 is 11.1 Å². The number of carbonyl (C=O) groups excluding carboxylic acids is 1. The highest BCUT2D eigenvalue weighted by Crippen LogP contribution is 2.39. The molecule has 0 bridgehead atoms. The monoisotopic (exact) mass is 357 g/mol. The Hall–Kier alpha value is -2.09. The summed E-state index contributed by atoms with van der Waals surface area (Å²) >= 11 is 0. The lowest BCUT2D eigenvalue weighted by Crippen LogP contribution is -2.40. The fourth-order valence-electron chi connectivity index (χ4n) is 3.44. The third-order valence-corrected chi connectivity index (χ3v) is 4.77. The minimum absolute atomic E-state index is 0.0217. The summed E-state index contributed by atoms with van der Waals surface area (Å²) < 4.78 is 54.5. The summed E-state index contributed by atoms with van der Waals surface area (Å²) in [7, 11) is 0. The van der Waals surface area contributed by atoms with Gasteiger partial charge < -0.3 is 16.0 Å². The molecule has 25 heavy (non-hydrogen) atoms. The molecule has 0 saturated heterocycles. The smallest absolute Gasteiger partial charge is 0.361 e. The molecule has 0 radical (unpaired) electrons. The fraction of sp³-hybridized carbons (Fsp3) is 0.471. The van der Waals surface area contributed by atoms with Gasteiger partial charge in [0.1, 0.15) is 5.82 Å². The maximum absolute atomic E-state index is 14.0. The second kappa shape index (κ2) is 6.67. The van der Waals surface area contributed by atoms with Crippen LogP contribution in [0.4, 0.5) is 17.6 Å². The quantitative estimate of drug-likeness (QED) is 0.718. The van der Waals surface area contributed by atoms with E-state index in [1.165, 1.54) is 12.1 Å². The van der Waals surface area contributed by atoms with Gasteiger partial charge in [0, 0.05) is 29.1 Å². The first-order valence-electron chi connectivity index (χ1n) is 8.11. The van der Waals surface area contributed by atoms with Crippen molar-refractivity contribution in [1.29, 1.82) is 0 Å². The van der Waals surface area contributed by atoms with E-state index in [1.807, 2.05) is 5.32 Å². The van der Waals surface area contributed by atoms with E-state index in [9.17, 15) is 22.4 Å². The number of rotatable bonds is 5. The maximum atomic E-state index is 14.0. The number of alkyl halides is 3. The number of H-pyrrole nitrogens is 1. The summed E-state index contributed by atoms with van der Waals surface area (Å²) in [5, 5.41) is 1.87. The average Bonchev–Trinajstić information content (AvgIpc) is 2.92. The summed E-state index contributed by atoms with van der Waals surface area (Å²) in [6, 6.07) is 1.73. The highest BCUT2D eigenvalue weighted by Gasteiger charge is 2.44. The number of carbonyl (C=O) groups is 1. The summed E-state index contributed by atoms with van der Waals surface area (Å²) in [6.45, 7) is 0.526. The van der Waals surface area contributed by atoms with Gasteiger partial charge in [0.05, 0.1) is 0 Å². The van der Waals surface area contributed by atoms with Crippen LogP contribution in [0.5, 0.6) is 0 Å².